The molecule has 3 amide bonds. The van der Waals surface area contributed by atoms with Gasteiger partial charge >= 0.3 is 5.97 Å². The summed E-state index contributed by atoms with van der Waals surface area (Å²) in [5.41, 5.74) is 2.79. The molecular formula is C30H29ClN2O5S2. The molecule has 1 aromatic heterocycles. The number of anilines is 2. The highest BCUT2D eigenvalue weighted by atomic mass is 35.5. The van der Waals surface area contributed by atoms with Gasteiger partial charge in [0, 0.05) is 26.9 Å². The van der Waals surface area contributed by atoms with Crippen LogP contribution in [0.5, 0.6) is 0 Å². The van der Waals surface area contributed by atoms with Crippen LogP contribution in [0.15, 0.2) is 53.4 Å². The minimum absolute atomic E-state index is 0.0459. The molecule has 40 heavy (non-hydrogen) atoms. The van der Waals surface area contributed by atoms with E-state index < -0.39 is 11.2 Å². The number of benzene rings is 2. The predicted octanol–water partition coefficient (Wildman–Crippen LogP) is 6.31. The number of thioether (sulfide) groups is 1. The Bertz CT molecular complexity index is 1450. The number of fused-ring (bicyclic) bond motifs is 1. The fourth-order valence-corrected chi connectivity index (χ4v) is 7.69. The maximum absolute atomic E-state index is 13.5. The maximum atomic E-state index is 13.5. The van der Waals surface area contributed by atoms with E-state index in [0.29, 0.717) is 27.2 Å². The molecule has 10 heteroatoms. The number of halogens is 1. The van der Waals surface area contributed by atoms with Crippen molar-refractivity contribution in [1.82, 2.24) is 0 Å². The molecule has 2 heterocycles. The first-order valence-electron chi connectivity index (χ1n) is 13.2. The summed E-state index contributed by atoms with van der Waals surface area (Å²) in [4.78, 5) is 55.1. The molecule has 2 aromatic carbocycles. The number of nitrogens with one attached hydrogen (secondary N) is 1. The third-order valence-electron chi connectivity index (χ3n) is 6.98. The zero-order chi connectivity index (χ0) is 28.4. The molecule has 1 aliphatic heterocycles. The Morgan fingerprint density at radius 3 is 2.52 bits per heavy atom. The fourth-order valence-electron chi connectivity index (χ4n) is 4.99. The van der Waals surface area contributed by atoms with Crippen LogP contribution in [0.1, 0.15) is 53.1 Å². The van der Waals surface area contributed by atoms with Crippen molar-refractivity contribution < 1.29 is 23.9 Å². The molecule has 0 bridgehead atoms. The number of esters is 1. The maximum Gasteiger partial charge on any atom is 0.341 e. The minimum Gasteiger partial charge on any atom is -0.462 e. The van der Waals surface area contributed by atoms with Crippen LogP contribution in [-0.4, -0.2) is 35.5 Å². The van der Waals surface area contributed by atoms with Crippen molar-refractivity contribution in [3.63, 3.8) is 0 Å². The Hall–Kier alpha value is -3.14. The Morgan fingerprint density at radius 2 is 1.82 bits per heavy atom. The summed E-state index contributed by atoms with van der Waals surface area (Å²) in [5.74, 6) is -0.791. The van der Waals surface area contributed by atoms with Gasteiger partial charge in [-0.15, -0.1) is 23.1 Å². The Balaban J connectivity index is 1.27. The molecule has 5 rings (SSSR count). The minimum atomic E-state index is -0.606. The van der Waals surface area contributed by atoms with Gasteiger partial charge in [-0.25, -0.2) is 9.69 Å². The van der Waals surface area contributed by atoms with Crippen molar-refractivity contribution in [1.29, 1.82) is 0 Å². The second kappa shape index (κ2) is 12.2. The van der Waals surface area contributed by atoms with Crippen LogP contribution in [0.3, 0.4) is 0 Å². The number of carbonyl (C=O) groups excluding carboxylic acids is 4. The van der Waals surface area contributed by atoms with Gasteiger partial charge in [0.25, 0.3) is 0 Å². The molecule has 0 unspecified atom stereocenters. The second-order valence-corrected chi connectivity index (χ2v) is 12.8. The van der Waals surface area contributed by atoms with Gasteiger partial charge in [-0.3, -0.25) is 14.4 Å². The van der Waals surface area contributed by atoms with Gasteiger partial charge in [-0.05, 0) is 79.6 Å². The number of rotatable bonds is 8. The molecule has 1 aliphatic carbocycles. The van der Waals surface area contributed by atoms with Crippen LogP contribution >= 0.6 is 34.7 Å². The summed E-state index contributed by atoms with van der Waals surface area (Å²) in [6, 6.07) is 14.3. The van der Waals surface area contributed by atoms with Crippen LogP contribution in [-0.2, 0) is 38.4 Å². The van der Waals surface area contributed by atoms with E-state index in [0.717, 1.165) is 40.2 Å². The monoisotopic (exact) mass is 596 g/mol. The zero-order valence-electron chi connectivity index (χ0n) is 22.2. The molecule has 1 fully saturated rings. The summed E-state index contributed by atoms with van der Waals surface area (Å²) in [5, 5.41) is 3.28. The first-order chi connectivity index (χ1) is 19.2. The first kappa shape index (κ1) is 28.4. The average Bonchev–Trinajstić information content (AvgIpc) is 3.41. The van der Waals surface area contributed by atoms with Gasteiger partial charge in [-0.2, -0.15) is 0 Å². The molecule has 2 atom stereocenters. The number of ether oxygens (including phenoxy) is 1. The van der Waals surface area contributed by atoms with Gasteiger partial charge < -0.3 is 10.1 Å². The summed E-state index contributed by atoms with van der Waals surface area (Å²) in [6.07, 6.45) is 2.78. The number of hydrogen-bond acceptors (Lipinski definition) is 7. The number of nitrogens with zero attached hydrogens (tertiary/aromatic N) is 1. The van der Waals surface area contributed by atoms with Crippen LogP contribution in [0.25, 0.3) is 0 Å². The summed E-state index contributed by atoms with van der Waals surface area (Å²) < 4.78 is 5.33. The molecule has 0 radical (unpaired) electrons. The van der Waals surface area contributed by atoms with E-state index in [1.807, 2.05) is 24.3 Å². The molecule has 3 aromatic rings. The van der Waals surface area contributed by atoms with Crippen LogP contribution in [0, 0.1) is 5.92 Å². The van der Waals surface area contributed by atoms with Crippen molar-refractivity contribution in [2.24, 2.45) is 5.92 Å². The number of carbonyl (C=O) groups is 4. The van der Waals surface area contributed by atoms with Crippen molar-refractivity contribution >= 4 is 69.1 Å². The van der Waals surface area contributed by atoms with Crippen LogP contribution in [0.2, 0.25) is 5.02 Å². The highest BCUT2D eigenvalue weighted by Crippen LogP contribution is 2.45. The van der Waals surface area contributed by atoms with Crippen molar-refractivity contribution in [3.05, 3.63) is 75.1 Å². The highest BCUT2D eigenvalue weighted by Gasteiger charge is 2.44. The molecule has 7 nitrogen and oxygen atoms in total. The smallest absolute Gasteiger partial charge is 0.341 e. The van der Waals surface area contributed by atoms with E-state index in [1.165, 1.54) is 28.0 Å². The van der Waals surface area contributed by atoms with Crippen molar-refractivity contribution in [2.45, 2.75) is 56.1 Å². The van der Waals surface area contributed by atoms with Crippen molar-refractivity contribution in [2.75, 3.05) is 16.8 Å². The van der Waals surface area contributed by atoms with E-state index in [2.05, 4.69) is 12.2 Å². The Labute approximate surface area is 246 Å². The third-order valence-corrected chi connectivity index (χ3v) is 9.66. The van der Waals surface area contributed by atoms with E-state index in [9.17, 15) is 19.2 Å². The van der Waals surface area contributed by atoms with Gasteiger partial charge in [-0.1, -0.05) is 30.7 Å². The summed E-state index contributed by atoms with van der Waals surface area (Å²) >= 11 is 8.58. The molecule has 1 N–H and O–H groups in total. The van der Waals surface area contributed by atoms with Gasteiger partial charge in [0.05, 0.1) is 23.8 Å². The molecule has 2 aliphatic rings. The van der Waals surface area contributed by atoms with E-state index in [-0.39, 0.29) is 37.2 Å². The molecular weight excluding hydrogens is 568 g/mol. The standard InChI is InChI=1S/C30H29ClN2O5S2/c1-3-38-30(37)27-22-13-4-17(2)14-23(22)40-29(27)33-26(35)16-24(28(33)36)39-21-11-9-20(10-12-21)32-25(34)15-18-5-7-19(31)8-6-18/h5-12,17,24H,3-4,13-16H2,1-2H3,(H,32,34)/t17-,24-/m0/s1. The lowest BCUT2D eigenvalue weighted by molar-refractivity contribution is -0.121. The lowest BCUT2D eigenvalue weighted by atomic mass is 9.88. The number of thiophene rings is 1. The van der Waals surface area contributed by atoms with Crippen LogP contribution < -0.4 is 10.2 Å². The van der Waals surface area contributed by atoms with Crippen molar-refractivity contribution in [3.8, 4) is 0 Å². The van der Waals surface area contributed by atoms with E-state index in [1.54, 1.807) is 31.2 Å². The SMILES string of the molecule is CCOC(=O)c1c(N2C(=O)C[C@H](Sc3ccc(NC(=O)Cc4ccc(Cl)cc4)cc3)C2=O)sc2c1CC[C@H](C)C2. The molecule has 1 saturated heterocycles. The topological polar surface area (TPSA) is 92.8 Å². The highest BCUT2D eigenvalue weighted by molar-refractivity contribution is 8.00. The van der Waals surface area contributed by atoms with Gasteiger partial charge in [0.1, 0.15) is 5.00 Å². The Kier molecular flexibility index (Phi) is 8.63. The number of hydrogen-bond donors (Lipinski definition) is 1. The molecule has 0 saturated carbocycles. The average molecular weight is 597 g/mol. The zero-order valence-corrected chi connectivity index (χ0v) is 24.6. The van der Waals surface area contributed by atoms with Gasteiger partial charge in [0.2, 0.25) is 17.7 Å². The summed E-state index contributed by atoms with van der Waals surface area (Å²) in [7, 11) is 0. The van der Waals surface area contributed by atoms with E-state index >= 15 is 0 Å². The predicted molar refractivity (Wildman–Crippen MR) is 158 cm³/mol. The molecule has 208 valence electrons. The number of imide groups is 1. The fraction of sp³-hybridized carbons (Fsp3) is 0.333. The van der Waals surface area contributed by atoms with Gasteiger partial charge in [0.15, 0.2) is 0 Å². The molecule has 0 spiro atoms. The third kappa shape index (κ3) is 6.11. The normalized spacial score (nSPS) is 18.5. The Morgan fingerprint density at radius 1 is 1.10 bits per heavy atom. The summed E-state index contributed by atoms with van der Waals surface area (Å²) in [6.45, 7) is 4.13. The lowest BCUT2D eigenvalue weighted by Gasteiger charge is -2.18. The lowest BCUT2D eigenvalue weighted by Crippen LogP contribution is -2.32. The number of amides is 3. The second-order valence-electron chi connectivity index (χ2n) is 10.0. The van der Waals surface area contributed by atoms with Crippen LogP contribution in [0.4, 0.5) is 10.7 Å². The quantitative estimate of drug-likeness (QED) is 0.242. The first-order valence-corrected chi connectivity index (χ1v) is 15.3. The largest absolute Gasteiger partial charge is 0.462 e. The van der Waals surface area contributed by atoms with E-state index in [4.69, 9.17) is 16.3 Å².